The van der Waals surface area contributed by atoms with Crippen LogP contribution < -0.4 is 20.9 Å². The van der Waals surface area contributed by atoms with E-state index in [1.165, 1.54) is 19.1 Å². The number of aliphatic hydroxyl groups is 1. The zero-order valence-corrected chi connectivity index (χ0v) is 22.2. The Kier molecular flexibility index (Phi) is 9.50. The Morgan fingerprint density at radius 2 is 1.97 bits per heavy atom. The largest absolute Gasteiger partial charge is 0.462 e. The molecule has 0 spiro atoms. The molecule has 1 aliphatic rings. The third kappa shape index (κ3) is 6.68. The minimum atomic E-state index is -4.39. The highest BCUT2D eigenvalue weighted by Gasteiger charge is 2.57. The van der Waals surface area contributed by atoms with Crippen molar-refractivity contribution in [2.45, 2.75) is 56.2 Å². The molecule has 0 bridgehead atoms. The first-order valence-electron chi connectivity index (χ1n) is 11.4. The lowest BCUT2D eigenvalue weighted by molar-refractivity contribution is -0.149. The molecule has 3 N–H and O–H groups in total. The van der Waals surface area contributed by atoms with Crippen molar-refractivity contribution >= 4 is 25.3 Å². The van der Waals surface area contributed by atoms with Crippen LogP contribution in [0.15, 0.2) is 46.1 Å². The first kappa shape index (κ1) is 29.9. The number of nitrogens with one attached hydrogen (secondary N) is 2. The third-order valence-electron chi connectivity index (χ3n) is 5.37. The van der Waals surface area contributed by atoms with Crippen LogP contribution in [0.5, 0.6) is 5.75 Å². The maximum absolute atomic E-state index is 14.0. The van der Waals surface area contributed by atoms with Crippen molar-refractivity contribution in [1.82, 2.24) is 14.6 Å². The van der Waals surface area contributed by atoms with Crippen molar-refractivity contribution in [3.05, 3.63) is 63.2 Å². The van der Waals surface area contributed by atoms with Crippen LogP contribution in [0.4, 0.5) is 8.78 Å². The Balaban J connectivity index is 1.85. The van der Waals surface area contributed by atoms with Crippen molar-refractivity contribution in [2.24, 2.45) is 0 Å². The predicted molar refractivity (Wildman–Crippen MR) is 130 cm³/mol. The number of aromatic nitrogens is 2. The van der Waals surface area contributed by atoms with Gasteiger partial charge in [0.05, 0.1) is 18.9 Å². The first-order chi connectivity index (χ1) is 17.8. The number of H-pyrrole nitrogens is 1. The Labute approximate surface area is 220 Å². The number of carbonyl (C=O) groups excluding carboxylic acids is 1. The summed E-state index contributed by atoms with van der Waals surface area (Å²) < 4.78 is 63.5. The molecule has 0 aliphatic carbocycles. The van der Waals surface area contributed by atoms with Gasteiger partial charge in [0, 0.05) is 0 Å². The summed E-state index contributed by atoms with van der Waals surface area (Å²) in [5.41, 5.74) is -2.49. The Bertz CT molecular complexity index is 1290. The van der Waals surface area contributed by atoms with E-state index >= 15 is 0 Å². The van der Waals surface area contributed by atoms with Crippen LogP contribution in [0.2, 0.25) is 0 Å². The molecule has 0 radical (unpaired) electrons. The Morgan fingerprint density at radius 3 is 2.58 bits per heavy atom. The van der Waals surface area contributed by atoms with Crippen LogP contribution in [0.25, 0.3) is 0 Å². The van der Waals surface area contributed by atoms with Gasteiger partial charge >= 0.3 is 19.4 Å². The standard InChI is InChI=1S/C22H27ClF2N3O9P/c1-12(2)35-19(31)13(3)27-38(33,37-14-7-5-4-6-8-14)34-10-16-17(29)22(23,11-24)20(36-16)28-9-15(25)18(30)26-21(28)32/h4-9,12-13,16-17,20,29H,10-11H2,1-3H3,(H,27,33)(H,26,30,32)/t13-,16+,17?,20+,22+,38-/m0/s1. The highest BCUT2D eigenvalue weighted by Crippen LogP contribution is 2.48. The van der Waals surface area contributed by atoms with Gasteiger partial charge < -0.3 is 19.1 Å². The van der Waals surface area contributed by atoms with E-state index in [4.69, 9.17) is 30.1 Å². The SMILES string of the molecule is CC(C)OC(=O)[C@H](C)N[P@](=O)(OC[C@H]1O[C@@H](n2cc(F)c(=O)[nH]c2=O)[C@@](Cl)(CF)C1O)Oc1ccccc1. The number of benzene rings is 1. The monoisotopic (exact) mass is 581 g/mol. The van der Waals surface area contributed by atoms with Crippen molar-refractivity contribution in [2.75, 3.05) is 13.3 Å². The minimum Gasteiger partial charge on any atom is -0.462 e. The van der Waals surface area contributed by atoms with Crippen LogP contribution >= 0.6 is 19.3 Å². The normalized spacial score (nSPS) is 25.6. The van der Waals surface area contributed by atoms with Gasteiger partial charge in [-0.1, -0.05) is 18.2 Å². The molecule has 1 aromatic heterocycles. The topological polar surface area (TPSA) is 158 Å². The average Bonchev–Trinajstić information content (AvgIpc) is 3.10. The van der Waals surface area contributed by atoms with E-state index in [2.05, 4.69) is 5.09 Å². The van der Waals surface area contributed by atoms with Gasteiger partial charge in [0.2, 0.25) is 5.82 Å². The summed E-state index contributed by atoms with van der Waals surface area (Å²) in [6, 6.07) is 6.63. The molecule has 1 aliphatic heterocycles. The average molecular weight is 582 g/mol. The second-order valence-corrected chi connectivity index (χ2v) is 11.1. The summed E-state index contributed by atoms with van der Waals surface area (Å²) >= 11 is 6.26. The van der Waals surface area contributed by atoms with E-state index in [1.54, 1.807) is 37.0 Å². The summed E-state index contributed by atoms with van der Waals surface area (Å²) in [7, 11) is -4.39. The number of halogens is 3. The second-order valence-electron chi connectivity index (χ2n) is 8.71. The summed E-state index contributed by atoms with van der Waals surface area (Å²) in [6.45, 7) is 2.42. The van der Waals surface area contributed by atoms with Gasteiger partial charge in [-0.2, -0.15) is 9.48 Å². The number of ether oxygens (including phenoxy) is 2. The minimum absolute atomic E-state index is 0.101. The quantitative estimate of drug-likeness (QED) is 0.204. The summed E-state index contributed by atoms with van der Waals surface area (Å²) in [4.78, 5) is 35.3. The summed E-state index contributed by atoms with van der Waals surface area (Å²) in [5, 5.41) is 13.2. The van der Waals surface area contributed by atoms with Crippen LogP contribution in [-0.2, 0) is 23.4 Å². The molecule has 1 saturated heterocycles. The Hall–Kier alpha value is -2.61. The van der Waals surface area contributed by atoms with E-state index in [0.717, 1.165) is 0 Å². The van der Waals surface area contributed by atoms with Gasteiger partial charge in [-0.15, -0.1) is 11.6 Å². The van der Waals surface area contributed by atoms with Crippen molar-refractivity contribution in [3.8, 4) is 5.75 Å². The fraction of sp³-hybridized carbons (Fsp3) is 0.500. The number of hydrogen-bond acceptors (Lipinski definition) is 9. The molecule has 2 heterocycles. The van der Waals surface area contributed by atoms with Crippen molar-refractivity contribution in [1.29, 1.82) is 0 Å². The highest BCUT2D eigenvalue weighted by molar-refractivity contribution is 7.52. The maximum Gasteiger partial charge on any atom is 0.459 e. The van der Waals surface area contributed by atoms with Gasteiger partial charge in [-0.3, -0.25) is 23.7 Å². The molecule has 1 unspecified atom stereocenters. The number of carbonyl (C=O) groups is 1. The van der Waals surface area contributed by atoms with E-state index in [0.29, 0.717) is 10.8 Å². The van der Waals surface area contributed by atoms with Gasteiger partial charge in [-0.25, -0.2) is 13.8 Å². The van der Waals surface area contributed by atoms with Gasteiger partial charge in [-0.05, 0) is 32.9 Å². The van der Waals surface area contributed by atoms with Crippen LogP contribution in [0.3, 0.4) is 0 Å². The molecule has 1 aromatic carbocycles. The molecule has 0 amide bonds. The number of rotatable bonds is 11. The molecule has 1 fully saturated rings. The number of aromatic amines is 1. The third-order valence-corrected chi connectivity index (χ3v) is 7.53. The lowest BCUT2D eigenvalue weighted by Gasteiger charge is -2.27. The number of para-hydroxylation sites is 1. The molecule has 12 nitrogen and oxygen atoms in total. The zero-order chi connectivity index (χ0) is 28.3. The molecule has 210 valence electrons. The number of esters is 1. The number of alkyl halides is 2. The predicted octanol–water partition coefficient (Wildman–Crippen LogP) is 2.01. The lowest BCUT2D eigenvalue weighted by atomic mass is 10.00. The molecule has 6 atom stereocenters. The van der Waals surface area contributed by atoms with Crippen LogP contribution in [0.1, 0.15) is 27.0 Å². The van der Waals surface area contributed by atoms with Crippen molar-refractivity contribution < 1.29 is 41.8 Å². The summed E-state index contributed by atoms with van der Waals surface area (Å²) in [5.74, 6) is -2.04. The molecule has 38 heavy (non-hydrogen) atoms. The molecular weight excluding hydrogens is 555 g/mol. The van der Waals surface area contributed by atoms with Crippen molar-refractivity contribution in [3.63, 3.8) is 0 Å². The van der Waals surface area contributed by atoms with Gasteiger partial charge in [0.15, 0.2) is 6.23 Å². The maximum atomic E-state index is 14.0. The fourth-order valence-electron chi connectivity index (χ4n) is 3.52. The summed E-state index contributed by atoms with van der Waals surface area (Å²) in [6.07, 6.45) is -5.17. The second kappa shape index (κ2) is 12.1. The van der Waals surface area contributed by atoms with E-state index in [-0.39, 0.29) is 5.75 Å². The van der Waals surface area contributed by atoms with E-state index < -0.39 is 79.5 Å². The molecule has 16 heteroatoms. The number of aliphatic hydroxyl groups excluding tert-OH is 1. The number of nitrogens with zero attached hydrogens (tertiary/aromatic N) is 1. The van der Waals surface area contributed by atoms with E-state index in [1.807, 2.05) is 0 Å². The zero-order valence-electron chi connectivity index (χ0n) is 20.5. The van der Waals surface area contributed by atoms with Gasteiger partial charge in [0.25, 0.3) is 5.56 Å². The lowest BCUT2D eigenvalue weighted by Crippen LogP contribution is -2.47. The van der Waals surface area contributed by atoms with Gasteiger partial charge in [0.1, 0.15) is 35.5 Å². The van der Waals surface area contributed by atoms with Crippen LogP contribution in [-0.4, -0.2) is 63.1 Å². The smallest absolute Gasteiger partial charge is 0.459 e. The molecular formula is C22H27ClF2N3O9P. The molecule has 3 rings (SSSR count). The first-order valence-corrected chi connectivity index (χ1v) is 13.3. The van der Waals surface area contributed by atoms with E-state index in [9.17, 15) is 32.8 Å². The van der Waals surface area contributed by atoms with Crippen LogP contribution in [0, 0.1) is 5.82 Å². The fourth-order valence-corrected chi connectivity index (χ4v) is 5.32. The Morgan fingerprint density at radius 1 is 1.32 bits per heavy atom. The molecule has 2 aromatic rings. The number of hydrogen-bond donors (Lipinski definition) is 3. The highest BCUT2D eigenvalue weighted by atomic mass is 35.5. The molecule has 0 saturated carbocycles.